The summed E-state index contributed by atoms with van der Waals surface area (Å²) in [6.07, 6.45) is 3.53. The molecule has 8 heteroatoms. The molecule has 1 aromatic carbocycles. The standard InChI is InChI=1S/C23H30N4O4/c1-16(25-22(28)21-24-12-9-20(26-21)30-2)19(23(29)31-3)15-27-13-10-18(11-14-27)17-7-5-4-6-8-17/h4-9,12,16,18-19H,10-11,13-15H2,1-3H3,(H,25,28). The van der Waals surface area contributed by atoms with Crippen LogP contribution >= 0.6 is 0 Å². The number of nitrogens with zero attached hydrogens (tertiary/aromatic N) is 3. The molecule has 1 saturated heterocycles. The first kappa shape index (κ1) is 22.7. The second kappa shape index (κ2) is 10.9. The quantitative estimate of drug-likeness (QED) is 0.647. The number of methoxy groups -OCH3 is 2. The molecule has 2 unspecified atom stereocenters. The number of ether oxygens (including phenoxy) is 2. The van der Waals surface area contributed by atoms with Gasteiger partial charge in [0.15, 0.2) is 0 Å². The van der Waals surface area contributed by atoms with Gasteiger partial charge in [0.05, 0.1) is 20.1 Å². The number of carbonyl (C=O) groups is 2. The molecule has 1 N–H and O–H groups in total. The highest BCUT2D eigenvalue weighted by Crippen LogP contribution is 2.28. The maximum atomic E-state index is 12.6. The molecular weight excluding hydrogens is 396 g/mol. The lowest BCUT2D eigenvalue weighted by molar-refractivity contribution is -0.147. The molecule has 1 aromatic heterocycles. The maximum absolute atomic E-state index is 12.6. The van der Waals surface area contributed by atoms with Gasteiger partial charge in [-0.05, 0) is 44.3 Å². The van der Waals surface area contributed by atoms with E-state index in [4.69, 9.17) is 9.47 Å². The summed E-state index contributed by atoms with van der Waals surface area (Å²) in [5.41, 5.74) is 1.37. The van der Waals surface area contributed by atoms with Crippen LogP contribution in [0.3, 0.4) is 0 Å². The number of likely N-dealkylation sites (tertiary alicyclic amines) is 1. The number of piperidine rings is 1. The molecule has 2 atom stereocenters. The SMILES string of the molecule is COC(=O)C(CN1CCC(c2ccccc2)CC1)C(C)NC(=O)c1nccc(OC)n1. The first-order valence-electron chi connectivity index (χ1n) is 10.5. The minimum atomic E-state index is -0.493. The second-order valence-corrected chi connectivity index (χ2v) is 7.80. The summed E-state index contributed by atoms with van der Waals surface area (Å²) < 4.78 is 10.1. The molecule has 0 bridgehead atoms. The molecule has 0 radical (unpaired) electrons. The van der Waals surface area contributed by atoms with Crippen LogP contribution in [-0.2, 0) is 9.53 Å². The van der Waals surface area contributed by atoms with Gasteiger partial charge in [0.1, 0.15) is 0 Å². The third-order valence-corrected chi connectivity index (χ3v) is 5.82. The lowest BCUT2D eigenvalue weighted by Crippen LogP contribution is -2.48. The Morgan fingerprint density at radius 2 is 1.87 bits per heavy atom. The molecule has 8 nitrogen and oxygen atoms in total. The minimum absolute atomic E-state index is 0.00140. The van der Waals surface area contributed by atoms with E-state index < -0.39 is 17.9 Å². The Morgan fingerprint density at radius 1 is 1.16 bits per heavy atom. The topological polar surface area (TPSA) is 93.7 Å². The first-order chi connectivity index (χ1) is 15.0. The molecule has 1 amide bonds. The van der Waals surface area contributed by atoms with Gasteiger partial charge < -0.3 is 19.7 Å². The molecule has 2 aromatic rings. The van der Waals surface area contributed by atoms with Gasteiger partial charge in [-0.1, -0.05) is 30.3 Å². The van der Waals surface area contributed by atoms with E-state index in [0.29, 0.717) is 18.3 Å². The van der Waals surface area contributed by atoms with Crippen LogP contribution in [0.25, 0.3) is 0 Å². The van der Waals surface area contributed by atoms with Crippen molar-refractivity contribution in [2.45, 2.75) is 31.7 Å². The molecule has 0 spiro atoms. The highest BCUT2D eigenvalue weighted by Gasteiger charge is 2.31. The number of hydrogen-bond donors (Lipinski definition) is 1. The molecule has 0 saturated carbocycles. The van der Waals surface area contributed by atoms with Crippen LogP contribution in [0, 0.1) is 5.92 Å². The predicted molar refractivity (Wildman–Crippen MR) is 116 cm³/mol. The average Bonchev–Trinajstić information content (AvgIpc) is 2.82. The Balaban J connectivity index is 1.59. The molecule has 0 aliphatic carbocycles. The van der Waals surface area contributed by atoms with Crippen molar-refractivity contribution in [2.24, 2.45) is 5.92 Å². The van der Waals surface area contributed by atoms with Gasteiger partial charge in [-0.2, -0.15) is 4.98 Å². The first-order valence-corrected chi connectivity index (χ1v) is 10.5. The largest absolute Gasteiger partial charge is 0.481 e. The number of aromatic nitrogens is 2. The van der Waals surface area contributed by atoms with Crippen LogP contribution in [0.2, 0.25) is 0 Å². The molecule has 1 aliphatic rings. The number of carbonyl (C=O) groups excluding carboxylic acids is 2. The number of hydrogen-bond acceptors (Lipinski definition) is 7. The van der Waals surface area contributed by atoms with Crippen LogP contribution in [-0.4, -0.2) is 66.6 Å². The Morgan fingerprint density at radius 3 is 2.52 bits per heavy atom. The molecule has 2 heterocycles. The van der Waals surface area contributed by atoms with Crippen molar-refractivity contribution in [1.82, 2.24) is 20.2 Å². The molecule has 3 rings (SSSR count). The molecule has 1 aliphatic heterocycles. The lowest BCUT2D eigenvalue weighted by atomic mass is 9.89. The van der Waals surface area contributed by atoms with Gasteiger partial charge >= 0.3 is 5.97 Å². The van der Waals surface area contributed by atoms with E-state index in [0.717, 1.165) is 25.9 Å². The fraction of sp³-hybridized carbons (Fsp3) is 0.478. The summed E-state index contributed by atoms with van der Waals surface area (Å²) in [5.74, 6) is -0.450. The van der Waals surface area contributed by atoms with Crippen molar-refractivity contribution < 1.29 is 19.1 Å². The van der Waals surface area contributed by atoms with Crippen molar-refractivity contribution in [3.05, 3.63) is 54.0 Å². The summed E-state index contributed by atoms with van der Waals surface area (Å²) >= 11 is 0. The molecule has 166 valence electrons. The van der Waals surface area contributed by atoms with Crippen molar-refractivity contribution in [2.75, 3.05) is 33.9 Å². The summed E-state index contributed by atoms with van der Waals surface area (Å²) in [5, 5.41) is 2.84. The third kappa shape index (κ3) is 6.01. The normalized spacial score (nSPS) is 16.9. The number of benzene rings is 1. The van der Waals surface area contributed by atoms with Gasteiger partial charge in [-0.3, -0.25) is 9.59 Å². The predicted octanol–water partition coefficient (Wildman–Crippen LogP) is 2.27. The molecule has 1 fully saturated rings. The summed E-state index contributed by atoms with van der Waals surface area (Å²) in [6, 6.07) is 11.7. The van der Waals surface area contributed by atoms with E-state index in [1.54, 1.807) is 13.0 Å². The fourth-order valence-electron chi connectivity index (χ4n) is 3.98. The highest BCUT2D eigenvalue weighted by molar-refractivity contribution is 5.91. The Kier molecular flexibility index (Phi) is 7.94. The Bertz CT molecular complexity index is 869. The second-order valence-electron chi connectivity index (χ2n) is 7.80. The van der Waals surface area contributed by atoms with Gasteiger partial charge in [-0.25, -0.2) is 4.98 Å². The van der Waals surface area contributed by atoms with E-state index in [1.807, 2.05) is 6.07 Å². The minimum Gasteiger partial charge on any atom is -0.481 e. The fourth-order valence-corrected chi connectivity index (χ4v) is 3.98. The van der Waals surface area contributed by atoms with E-state index in [2.05, 4.69) is 44.5 Å². The zero-order chi connectivity index (χ0) is 22.2. The van der Waals surface area contributed by atoms with Crippen molar-refractivity contribution >= 4 is 11.9 Å². The van der Waals surface area contributed by atoms with Crippen molar-refractivity contribution in [3.8, 4) is 5.88 Å². The van der Waals surface area contributed by atoms with E-state index in [1.165, 1.54) is 26.0 Å². The zero-order valence-electron chi connectivity index (χ0n) is 18.3. The van der Waals surface area contributed by atoms with Crippen LogP contribution < -0.4 is 10.1 Å². The number of esters is 1. The molecule has 31 heavy (non-hydrogen) atoms. The highest BCUT2D eigenvalue weighted by atomic mass is 16.5. The van der Waals surface area contributed by atoms with Crippen LogP contribution in [0.1, 0.15) is 41.9 Å². The third-order valence-electron chi connectivity index (χ3n) is 5.82. The Hall–Kier alpha value is -3.00. The summed E-state index contributed by atoms with van der Waals surface area (Å²) in [6.45, 7) is 4.12. The van der Waals surface area contributed by atoms with E-state index >= 15 is 0 Å². The maximum Gasteiger partial charge on any atom is 0.312 e. The van der Waals surface area contributed by atoms with Crippen LogP contribution in [0.15, 0.2) is 42.6 Å². The summed E-state index contributed by atoms with van der Waals surface area (Å²) in [4.78, 5) is 35.4. The monoisotopic (exact) mass is 426 g/mol. The zero-order valence-corrected chi connectivity index (χ0v) is 18.3. The summed E-state index contributed by atoms with van der Waals surface area (Å²) in [7, 11) is 2.84. The van der Waals surface area contributed by atoms with Crippen molar-refractivity contribution in [1.29, 1.82) is 0 Å². The van der Waals surface area contributed by atoms with E-state index in [9.17, 15) is 9.59 Å². The van der Waals surface area contributed by atoms with Gasteiger partial charge in [0, 0.05) is 24.8 Å². The number of amides is 1. The van der Waals surface area contributed by atoms with Gasteiger partial charge in [0.25, 0.3) is 5.91 Å². The smallest absolute Gasteiger partial charge is 0.312 e. The average molecular weight is 427 g/mol. The molecular formula is C23H30N4O4. The van der Waals surface area contributed by atoms with E-state index in [-0.39, 0.29) is 11.8 Å². The van der Waals surface area contributed by atoms with Crippen LogP contribution in [0.4, 0.5) is 0 Å². The Labute approximate surface area is 183 Å². The van der Waals surface area contributed by atoms with Gasteiger partial charge in [0.2, 0.25) is 11.7 Å². The van der Waals surface area contributed by atoms with Crippen molar-refractivity contribution in [3.63, 3.8) is 0 Å². The number of nitrogens with one attached hydrogen (secondary N) is 1. The lowest BCUT2D eigenvalue weighted by Gasteiger charge is -2.35. The van der Waals surface area contributed by atoms with Gasteiger partial charge in [-0.15, -0.1) is 0 Å². The number of rotatable bonds is 8. The van der Waals surface area contributed by atoms with Crippen LogP contribution in [0.5, 0.6) is 5.88 Å².